The van der Waals surface area contributed by atoms with Crippen LogP contribution in [0.4, 0.5) is 5.88 Å². The Morgan fingerprint density at radius 3 is 2.60 bits per heavy atom. The number of hydrogen-bond donors (Lipinski definition) is 0. The average molecular weight is 140 g/mol. The molecule has 10 heavy (non-hydrogen) atoms. The van der Waals surface area contributed by atoms with Gasteiger partial charge in [0.25, 0.3) is 6.29 Å². The molecule has 1 heterocycles. The standard InChI is InChI=1S/C5H2NO4/c7-3-4-1-2-5(10-4)6(8)9/h1-2H. The molecule has 1 aromatic rings. The number of nitrogens with zero attached hydrogens (tertiary/aromatic N) is 1. The Kier molecular flexibility index (Phi) is 1.49. The van der Waals surface area contributed by atoms with E-state index in [1.54, 1.807) is 0 Å². The van der Waals surface area contributed by atoms with Crippen LogP contribution in [0.1, 0.15) is 5.76 Å². The zero-order valence-electron chi connectivity index (χ0n) is 4.73. The van der Waals surface area contributed by atoms with E-state index >= 15 is 0 Å². The molecule has 0 aromatic carbocycles. The van der Waals surface area contributed by atoms with E-state index in [4.69, 9.17) is 0 Å². The van der Waals surface area contributed by atoms with E-state index in [1.165, 1.54) is 12.4 Å². The van der Waals surface area contributed by atoms with Crippen molar-refractivity contribution in [2.45, 2.75) is 0 Å². The number of rotatable bonds is 2. The van der Waals surface area contributed by atoms with E-state index < -0.39 is 10.8 Å². The topological polar surface area (TPSA) is 73.3 Å². The Hall–Kier alpha value is -1.65. The first-order valence-electron chi connectivity index (χ1n) is 2.36. The third kappa shape index (κ3) is 1.02. The Bertz CT molecular complexity index is 264. The minimum Gasteiger partial charge on any atom is -0.397 e. The molecule has 0 fully saturated rings. The van der Waals surface area contributed by atoms with Crippen LogP contribution >= 0.6 is 0 Å². The molecule has 5 heteroatoms. The maximum atomic E-state index is 9.91. The summed E-state index contributed by atoms with van der Waals surface area (Å²) < 4.78 is 4.37. The zero-order valence-corrected chi connectivity index (χ0v) is 4.73. The first-order valence-corrected chi connectivity index (χ1v) is 2.36. The zero-order chi connectivity index (χ0) is 7.56. The summed E-state index contributed by atoms with van der Waals surface area (Å²) in [6, 6.07) is 2.28. The monoisotopic (exact) mass is 140 g/mol. The number of carbonyl (C=O) groups excluding carboxylic acids is 1. The van der Waals surface area contributed by atoms with Crippen LogP contribution in [-0.2, 0) is 4.79 Å². The van der Waals surface area contributed by atoms with Crippen LogP contribution in [-0.4, -0.2) is 11.2 Å². The van der Waals surface area contributed by atoms with E-state index in [0.29, 0.717) is 0 Å². The third-order valence-electron chi connectivity index (χ3n) is 0.872. The van der Waals surface area contributed by atoms with Gasteiger partial charge in [0.15, 0.2) is 5.76 Å². The van der Waals surface area contributed by atoms with Gasteiger partial charge in [0.05, 0.1) is 6.07 Å². The van der Waals surface area contributed by atoms with Gasteiger partial charge in [-0.3, -0.25) is 14.9 Å². The normalized spacial score (nSPS) is 9.20. The Balaban J connectivity index is 2.98. The SMILES string of the molecule is O=[C]c1ccc([N+](=O)[O-])o1. The van der Waals surface area contributed by atoms with E-state index in [0.717, 1.165) is 6.07 Å². The van der Waals surface area contributed by atoms with E-state index in [2.05, 4.69) is 4.42 Å². The van der Waals surface area contributed by atoms with E-state index in [-0.39, 0.29) is 5.76 Å². The maximum Gasteiger partial charge on any atom is 0.433 e. The molecule has 0 aliphatic heterocycles. The van der Waals surface area contributed by atoms with E-state index in [9.17, 15) is 14.9 Å². The fourth-order valence-electron chi connectivity index (χ4n) is 0.481. The Labute approximate surface area is 55.4 Å². The molecular weight excluding hydrogens is 138 g/mol. The molecule has 0 aliphatic rings. The molecule has 0 aliphatic carbocycles. The highest BCUT2D eigenvalue weighted by molar-refractivity contribution is 5.71. The van der Waals surface area contributed by atoms with Crippen molar-refractivity contribution in [2.75, 3.05) is 0 Å². The fourth-order valence-corrected chi connectivity index (χ4v) is 0.481. The first-order chi connectivity index (χ1) is 4.74. The van der Waals surface area contributed by atoms with Gasteiger partial charge in [-0.05, 0) is 6.07 Å². The van der Waals surface area contributed by atoms with E-state index in [1.807, 2.05) is 0 Å². The van der Waals surface area contributed by atoms with Crippen LogP contribution in [0.5, 0.6) is 0 Å². The van der Waals surface area contributed by atoms with Gasteiger partial charge in [-0.25, -0.2) is 0 Å². The largest absolute Gasteiger partial charge is 0.433 e. The molecule has 0 spiro atoms. The van der Waals surface area contributed by atoms with Crippen molar-refractivity contribution < 1.29 is 14.1 Å². The average Bonchev–Trinajstić information content (AvgIpc) is 2.34. The molecule has 0 saturated heterocycles. The molecule has 0 unspecified atom stereocenters. The first kappa shape index (κ1) is 6.47. The molecule has 5 nitrogen and oxygen atoms in total. The van der Waals surface area contributed by atoms with Gasteiger partial charge >= 0.3 is 5.88 Å². The van der Waals surface area contributed by atoms with Gasteiger partial charge < -0.3 is 4.42 Å². The molecule has 0 bridgehead atoms. The van der Waals surface area contributed by atoms with Crippen LogP contribution in [0.2, 0.25) is 0 Å². The van der Waals surface area contributed by atoms with Gasteiger partial charge in [0.2, 0.25) is 0 Å². The summed E-state index contributed by atoms with van der Waals surface area (Å²) in [5, 5.41) is 9.91. The van der Waals surface area contributed by atoms with Gasteiger partial charge in [-0.15, -0.1) is 0 Å². The predicted octanol–water partition coefficient (Wildman–Crippen LogP) is 0.646. The van der Waals surface area contributed by atoms with Gasteiger partial charge in [-0.1, -0.05) is 0 Å². The Morgan fingerprint density at radius 2 is 2.30 bits per heavy atom. The minimum absolute atomic E-state index is 0.160. The third-order valence-corrected chi connectivity index (χ3v) is 0.872. The van der Waals surface area contributed by atoms with Crippen molar-refractivity contribution >= 4 is 12.2 Å². The lowest BCUT2D eigenvalue weighted by Gasteiger charge is -1.78. The molecule has 0 amide bonds. The summed E-state index contributed by atoms with van der Waals surface area (Å²) in [4.78, 5) is 19.0. The van der Waals surface area contributed by atoms with Crippen molar-refractivity contribution in [1.29, 1.82) is 0 Å². The summed E-state index contributed by atoms with van der Waals surface area (Å²) in [7, 11) is 0. The second-order valence-electron chi connectivity index (χ2n) is 1.50. The summed E-state index contributed by atoms with van der Waals surface area (Å²) in [6.45, 7) is 0. The van der Waals surface area contributed by atoms with Crippen molar-refractivity contribution in [1.82, 2.24) is 0 Å². The fraction of sp³-hybridized carbons (Fsp3) is 0. The molecule has 0 atom stereocenters. The predicted molar refractivity (Wildman–Crippen MR) is 30.2 cm³/mol. The highest BCUT2D eigenvalue weighted by Gasteiger charge is 2.10. The molecule has 0 N–H and O–H groups in total. The number of hydrogen-bond acceptors (Lipinski definition) is 4. The van der Waals surface area contributed by atoms with Crippen LogP contribution in [0, 0.1) is 10.1 Å². The van der Waals surface area contributed by atoms with Crippen molar-refractivity contribution in [3.8, 4) is 0 Å². The van der Waals surface area contributed by atoms with Crippen molar-refractivity contribution in [2.24, 2.45) is 0 Å². The quantitative estimate of drug-likeness (QED) is 0.446. The van der Waals surface area contributed by atoms with Crippen molar-refractivity contribution in [3.63, 3.8) is 0 Å². The van der Waals surface area contributed by atoms with Gasteiger partial charge in [-0.2, -0.15) is 0 Å². The van der Waals surface area contributed by atoms with Crippen LogP contribution in [0.25, 0.3) is 0 Å². The lowest BCUT2D eigenvalue weighted by molar-refractivity contribution is -0.402. The molecular formula is C5H2NO4. The lowest BCUT2D eigenvalue weighted by Crippen LogP contribution is -1.82. The molecule has 1 rings (SSSR count). The molecule has 1 radical (unpaired) electrons. The second-order valence-corrected chi connectivity index (χ2v) is 1.50. The number of nitro groups is 1. The minimum atomic E-state index is -0.721. The highest BCUT2D eigenvalue weighted by Crippen LogP contribution is 2.13. The van der Waals surface area contributed by atoms with Crippen LogP contribution in [0.15, 0.2) is 16.5 Å². The summed E-state index contributed by atoms with van der Waals surface area (Å²) >= 11 is 0. The summed E-state index contributed by atoms with van der Waals surface area (Å²) in [6.07, 6.45) is 1.38. The lowest BCUT2D eigenvalue weighted by atomic mass is 10.5. The maximum absolute atomic E-state index is 9.91. The van der Waals surface area contributed by atoms with Crippen LogP contribution in [0.3, 0.4) is 0 Å². The second kappa shape index (κ2) is 2.30. The van der Waals surface area contributed by atoms with Crippen LogP contribution < -0.4 is 0 Å². The smallest absolute Gasteiger partial charge is 0.397 e. The van der Waals surface area contributed by atoms with Gasteiger partial charge in [0.1, 0.15) is 4.92 Å². The highest BCUT2D eigenvalue weighted by atomic mass is 16.6. The Morgan fingerprint density at radius 1 is 1.60 bits per heavy atom. The molecule has 1 aromatic heterocycles. The summed E-state index contributed by atoms with van der Waals surface area (Å²) in [5.41, 5.74) is 0. The number of furan rings is 1. The van der Waals surface area contributed by atoms with Crippen molar-refractivity contribution in [3.05, 3.63) is 28.0 Å². The van der Waals surface area contributed by atoms with Gasteiger partial charge in [0, 0.05) is 0 Å². The molecule has 0 saturated carbocycles. The summed E-state index contributed by atoms with van der Waals surface area (Å²) in [5.74, 6) is -0.606. The molecule has 51 valence electrons.